The van der Waals surface area contributed by atoms with Crippen molar-refractivity contribution in [2.45, 2.75) is 25.3 Å². The fourth-order valence-electron chi connectivity index (χ4n) is 1.85. The lowest BCUT2D eigenvalue weighted by Crippen LogP contribution is -2.25. The Labute approximate surface area is 120 Å². The van der Waals surface area contributed by atoms with E-state index in [4.69, 9.17) is 11.6 Å². The molecule has 0 unspecified atom stereocenters. The van der Waals surface area contributed by atoms with Gasteiger partial charge in [-0.25, -0.2) is 0 Å². The fraction of sp³-hybridized carbons (Fsp3) is 0.571. The van der Waals surface area contributed by atoms with Crippen LogP contribution in [-0.2, 0) is 6.54 Å². The van der Waals surface area contributed by atoms with Crippen LogP contribution in [0.4, 0.5) is 0 Å². The van der Waals surface area contributed by atoms with Crippen LogP contribution >= 0.6 is 23.4 Å². The van der Waals surface area contributed by atoms with E-state index in [9.17, 15) is 0 Å². The molecule has 0 radical (unpaired) electrons. The molecular formula is C14H23ClN2S. The highest BCUT2D eigenvalue weighted by molar-refractivity contribution is 7.99. The molecule has 0 fully saturated rings. The first-order valence-electron chi connectivity index (χ1n) is 6.50. The van der Waals surface area contributed by atoms with Gasteiger partial charge in [0.2, 0.25) is 0 Å². The molecule has 1 rings (SSSR count). The third kappa shape index (κ3) is 4.81. The summed E-state index contributed by atoms with van der Waals surface area (Å²) >= 11 is 8.13. The second-order valence-electron chi connectivity index (χ2n) is 4.12. The number of nitrogens with zero attached hydrogens (tertiary/aromatic N) is 1. The molecule has 0 saturated carbocycles. The van der Waals surface area contributed by atoms with Crippen LogP contribution in [0.2, 0.25) is 5.02 Å². The zero-order chi connectivity index (χ0) is 13.4. The molecule has 1 N–H and O–H groups in total. The first-order chi connectivity index (χ1) is 8.72. The molecule has 0 saturated heterocycles. The third-order valence-corrected chi connectivity index (χ3v) is 4.42. The largest absolute Gasteiger partial charge is 0.316 e. The van der Waals surface area contributed by atoms with Crippen molar-refractivity contribution in [1.82, 2.24) is 10.2 Å². The van der Waals surface area contributed by atoms with Gasteiger partial charge in [0.05, 0.1) is 0 Å². The first-order valence-corrected chi connectivity index (χ1v) is 7.86. The van der Waals surface area contributed by atoms with Crippen molar-refractivity contribution in [3.05, 3.63) is 28.8 Å². The Balaban J connectivity index is 2.58. The van der Waals surface area contributed by atoms with E-state index in [0.717, 1.165) is 37.0 Å². The Morgan fingerprint density at radius 3 is 2.61 bits per heavy atom. The topological polar surface area (TPSA) is 15.3 Å². The molecule has 0 aliphatic rings. The molecule has 0 aliphatic heterocycles. The lowest BCUT2D eigenvalue weighted by Gasteiger charge is -2.18. The third-order valence-electron chi connectivity index (χ3n) is 2.99. The molecule has 0 spiro atoms. The summed E-state index contributed by atoms with van der Waals surface area (Å²) in [4.78, 5) is 3.74. The summed E-state index contributed by atoms with van der Waals surface area (Å²) in [6.45, 7) is 8.61. The van der Waals surface area contributed by atoms with Crippen molar-refractivity contribution in [3.8, 4) is 0 Å². The molecule has 0 aliphatic carbocycles. The molecule has 0 atom stereocenters. The predicted molar refractivity (Wildman–Crippen MR) is 82.7 cm³/mol. The number of halogens is 1. The number of rotatable bonds is 8. The van der Waals surface area contributed by atoms with Gasteiger partial charge in [-0.15, -0.1) is 11.8 Å². The van der Waals surface area contributed by atoms with E-state index in [-0.39, 0.29) is 0 Å². The standard InChI is InChI=1S/C14H23ClN2S/c1-4-17(5-2)9-10-18-14-8-6-7-13(15)12(14)11-16-3/h6-8,16H,4-5,9-11H2,1-3H3. The van der Waals surface area contributed by atoms with Gasteiger partial charge in [0.15, 0.2) is 0 Å². The maximum Gasteiger partial charge on any atom is 0.0462 e. The lowest BCUT2D eigenvalue weighted by atomic mass is 10.2. The highest BCUT2D eigenvalue weighted by Gasteiger charge is 2.07. The molecule has 0 amide bonds. The zero-order valence-electron chi connectivity index (χ0n) is 11.5. The van der Waals surface area contributed by atoms with E-state index in [1.807, 2.05) is 30.9 Å². The van der Waals surface area contributed by atoms with Crippen molar-refractivity contribution in [2.75, 3.05) is 32.4 Å². The van der Waals surface area contributed by atoms with E-state index < -0.39 is 0 Å². The van der Waals surface area contributed by atoms with E-state index in [2.05, 4.69) is 30.1 Å². The second kappa shape index (κ2) is 8.81. The average molecular weight is 287 g/mol. The summed E-state index contributed by atoms with van der Waals surface area (Å²) in [5.74, 6) is 1.11. The van der Waals surface area contributed by atoms with E-state index >= 15 is 0 Å². The van der Waals surface area contributed by atoms with Gasteiger partial charge < -0.3 is 10.2 Å². The van der Waals surface area contributed by atoms with Crippen LogP contribution in [0, 0.1) is 0 Å². The number of hydrogen-bond donors (Lipinski definition) is 1. The van der Waals surface area contributed by atoms with E-state index in [0.29, 0.717) is 0 Å². The second-order valence-corrected chi connectivity index (χ2v) is 5.67. The van der Waals surface area contributed by atoms with E-state index in [1.54, 1.807) is 0 Å². The van der Waals surface area contributed by atoms with Gasteiger partial charge in [-0.2, -0.15) is 0 Å². The van der Waals surface area contributed by atoms with Crippen LogP contribution in [-0.4, -0.2) is 37.3 Å². The highest BCUT2D eigenvalue weighted by Crippen LogP contribution is 2.28. The van der Waals surface area contributed by atoms with Gasteiger partial charge >= 0.3 is 0 Å². The molecule has 0 heterocycles. The maximum absolute atomic E-state index is 6.24. The zero-order valence-corrected chi connectivity index (χ0v) is 13.1. The molecule has 18 heavy (non-hydrogen) atoms. The van der Waals surface area contributed by atoms with Crippen LogP contribution in [0.1, 0.15) is 19.4 Å². The predicted octanol–water partition coefficient (Wildman–Crippen LogP) is 3.49. The number of hydrogen-bond acceptors (Lipinski definition) is 3. The normalized spacial score (nSPS) is 11.2. The fourth-order valence-corrected chi connectivity index (χ4v) is 3.24. The van der Waals surface area contributed by atoms with Gasteiger partial charge in [-0.05, 0) is 37.8 Å². The average Bonchev–Trinajstić information content (AvgIpc) is 2.38. The highest BCUT2D eigenvalue weighted by atomic mass is 35.5. The number of nitrogens with one attached hydrogen (secondary N) is 1. The van der Waals surface area contributed by atoms with Gasteiger partial charge in [-0.3, -0.25) is 0 Å². The van der Waals surface area contributed by atoms with Crippen molar-refractivity contribution in [1.29, 1.82) is 0 Å². The lowest BCUT2D eigenvalue weighted by molar-refractivity contribution is 0.324. The van der Waals surface area contributed by atoms with Crippen LogP contribution in [0.3, 0.4) is 0 Å². The van der Waals surface area contributed by atoms with Crippen LogP contribution < -0.4 is 5.32 Å². The number of benzene rings is 1. The summed E-state index contributed by atoms with van der Waals surface area (Å²) in [7, 11) is 1.95. The summed E-state index contributed by atoms with van der Waals surface area (Å²) < 4.78 is 0. The van der Waals surface area contributed by atoms with E-state index in [1.165, 1.54) is 10.5 Å². The van der Waals surface area contributed by atoms with Crippen molar-refractivity contribution < 1.29 is 0 Å². The molecule has 1 aromatic rings. The molecular weight excluding hydrogens is 264 g/mol. The molecule has 4 heteroatoms. The Morgan fingerprint density at radius 1 is 1.28 bits per heavy atom. The summed E-state index contributed by atoms with van der Waals surface area (Å²) in [5.41, 5.74) is 1.21. The monoisotopic (exact) mass is 286 g/mol. The minimum absolute atomic E-state index is 0.827. The SMILES string of the molecule is CCN(CC)CCSc1cccc(Cl)c1CNC. The van der Waals surface area contributed by atoms with Crippen molar-refractivity contribution >= 4 is 23.4 Å². The summed E-state index contributed by atoms with van der Waals surface area (Å²) in [6.07, 6.45) is 0. The number of thioether (sulfide) groups is 1. The molecule has 1 aromatic carbocycles. The van der Waals surface area contributed by atoms with Crippen molar-refractivity contribution in [3.63, 3.8) is 0 Å². The van der Waals surface area contributed by atoms with Gasteiger partial charge in [0.25, 0.3) is 0 Å². The Bertz CT molecular complexity index is 354. The van der Waals surface area contributed by atoms with Gasteiger partial charge in [-0.1, -0.05) is 31.5 Å². The molecule has 0 aromatic heterocycles. The van der Waals surface area contributed by atoms with Crippen LogP contribution in [0.15, 0.2) is 23.1 Å². The minimum Gasteiger partial charge on any atom is -0.316 e. The van der Waals surface area contributed by atoms with Crippen LogP contribution in [0.25, 0.3) is 0 Å². The minimum atomic E-state index is 0.827. The Kier molecular flexibility index (Phi) is 7.75. The molecule has 2 nitrogen and oxygen atoms in total. The van der Waals surface area contributed by atoms with Gasteiger partial charge in [0.1, 0.15) is 0 Å². The Hall–Kier alpha value is -0.220. The smallest absolute Gasteiger partial charge is 0.0462 e. The summed E-state index contributed by atoms with van der Waals surface area (Å²) in [5, 5.41) is 4.04. The van der Waals surface area contributed by atoms with Crippen molar-refractivity contribution in [2.24, 2.45) is 0 Å². The molecule has 0 bridgehead atoms. The summed E-state index contributed by atoms with van der Waals surface area (Å²) in [6, 6.07) is 6.15. The van der Waals surface area contributed by atoms with Crippen LogP contribution in [0.5, 0.6) is 0 Å². The maximum atomic E-state index is 6.24. The first kappa shape index (κ1) is 15.8. The quantitative estimate of drug-likeness (QED) is 0.737. The molecule has 102 valence electrons. The Morgan fingerprint density at radius 2 is 2.00 bits per heavy atom. The van der Waals surface area contributed by atoms with Gasteiger partial charge in [0, 0.05) is 28.8 Å².